The first-order chi connectivity index (χ1) is 16.2. The van der Waals surface area contributed by atoms with Gasteiger partial charge >= 0.3 is 0 Å². The molecule has 5 rings (SSSR count). The second-order valence-electron chi connectivity index (χ2n) is 7.80. The first-order valence-corrected chi connectivity index (χ1v) is 10.6. The lowest BCUT2D eigenvalue weighted by molar-refractivity contribution is 0.106. The van der Waals surface area contributed by atoms with Gasteiger partial charge in [-0.15, -0.1) is 0 Å². The van der Waals surface area contributed by atoms with E-state index >= 15 is 0 Å². The van der Waals surface area contributed by atoms with Crippen molar-refractivity contribution in [2.75, 3.05) is 7.11 Å². The van der Waals surface area contributed by atoms with Crippen molar-refractivity contribution in [1.82, 2.24) is 0 Å². The molecule has 0 saturated carbocycles. The van der Waals surface area contributed by atoms with Crippen LogP contribution in [0.4, 0.5) is 0 Å². The molecule has 0 aromatic heterocycles. The molecule has 0 N–H and O–H groups in total. The van der Waals surface area contributed by atoms with E-state index < -0.39 is 5.54 Å². The molecule has 0 saturated heterocycles. The summed E-state index contributed by atoms with van der Waals surface area (Å²) < 4.78 is 5.80. The number of hydrogen-bond donors (Lipinski definition) is 0. The zero-order valence-corrected chi connectivity index (χ0v) is 18.0. The molecule has 1 aliphatic rings. The lowest BCUT2D eigenvalue weighted by Crippen LogP contribution is -2.26. The molecule has 4 aromatic rings. The molecule has 0 aliphatic carbocycles. The summed E-state index contributed by atoms with van der Waals surface area (Å²) in [4.78, 5) is 18.9. The zero-order valence-electron chi connectivity index (χ0n) is 18.0. The van der Waals surface area contributed by atoms with E-state index in [-0.39, 0.29) is 5.78 Å². The second-order valence-corrected chi connectivity index (χ2v) is 7.80. The number of aliphatic imine (C=N–C) groups is 1. The van der Waals surface area contributed by atoms with Gasteiger partial charge in [-0.3, -0.25) is 9.79 Å². The lowest BCUT2D eigenvalue weighted by atomic mass is 9.77. The number of Topliss-reactive ketones (excluding diaryl/α,β-unsaturated/α-hetero) is 1. The minimum absolute atomic E-state index is 0.192. The molecule has 0 atom stereocenters. The fraction of sp³-hybridized carbons (Fsp3) is 0.0690. The molecule has 0 bridgehead atoms. The van der Waals surface area contributed by atoms with Crippen LogP contribution in [-0.2, 0) is 5.54 Å². The standard InChI is InChI=1S/C29H20N2O2/c1-33-25-14-8-13-24-26(25)29(22-9-4-2-5-10-22,23-11-6-3-7-12-23)31-27(24)28(32)21-17-15-20(19-30)16-18-21/h2-18H,1H3. The molecule has 0 fully saturated rings. The molecule has 4 heteroatoms. The molecule has 0 spiro atoms. The van der Waals surface area contributed by atoms with Crippen LogP contribution < -0.4 is 4.74 Å². The normalized spacial score (nSPS) is 13.5. The Hall–Kier alpha value is -4.49. The average molecular weight is 428 g/mol. The number of rotatable bonds is 5. The maximum absolute atomic E-state index is 13.7. The zero-order chi connectivity index (χ0) is 22.8. The van der Waals surface area contributed by atoms with E-state index in [4.69, 9.17) is 15.0 Å². The van der Waals surface area contributed by atoms with Crippen molar-refractivity contribution in [3.63, 3.8) is 0 Å². The van der Waals surface area contributed by atoms with E-state index in [9.17, 15) is 4.79 Å². The van der Waals surface area contributed by atoms with Gasteiger partial charge in [-0.2, -0.15) is 5.26 Å². The van der Waals surface area contributed by atoms with E-state index in [2.05, 4.69) is 6.07 Å². The Bertz CT molecular complexity index is 1360. The maximum Gasteiger partial charge on any atom is 0.211 e. The van der Waals surface area contributed by atoms with Crippen molar-refractivity contribution in [2.45, 2.75) is 5.54 Å². The van der Waals surface area contributed by atoms with E-state index in [1.807, 2.05) is 78.9 Å². The van der Waals surface area contributed by atoms with E-state index in [1.165, 1.54) is 0 Å². The summed E-state index contributed by atoms with van der Waals surface area (Å²) in [5, 5.41) is 9.11. The van der Waals surface area contributed by atoms with Crippen molar-refractivity contribution in [1.29, 1.82) is 5.26 Å². The van der Waals surface area contributed by atoms with Crippen molar-refractivity contribution in [3.05, 3.63) is 137 Å². The Morgan fingerprint density at radius 2 is 1.42 bits per heavy atom. The summed E-state index contributed by atoms with van der Waals surface area (Å²) in [6, 6.07) is 34.4. The molecule has 0 unspecified atom stereocenters. The molecule has 4 nitrogen and oxygen atoms in total. The number of nitrogens with zero attached hydrogens (tertiary/aromatic N) is 2. The monoisotopic (exact) mass is 428 g/mol. The van der Waals surface area contributed by atoms with Crippen molar-refractivity contribution in [3.8, 4) is 11.8 Å². The number of carbonyl (C=O) groups is 1. The lowest BCUT2D eigenvalue weighted by Gasteiger charge is -2.30. The highest BCUT2D eigenvalue weighted by Gasteiger charge is 2.46. The number of ketones is 1. The highest BCUT2D eigenvalue weighted by molar-refractivity contribution is 6.52. The average Bonchev–Trinajstić information content (AvgIpc) is 3.26. The summed E-state index contributed by atoms with van der Waals surface area (Å²) in [7, 11) is 1.64. The van der Waals surface area contributed by atoms with Gasteiger partial charge in [0.05, 0.1) is 18.7 Å². The van der Waals surface area contributed by atoms with Crippen LogP contribution in [0.2, 0.25) is 0 Å². The smallest absolute Gasteiger partial charge is 0.211 e. The first-order valence-electron chi connectivity index (χ1n) is 10.6. The van der Waals surface area contributed by atoms with Gasteiger partial charge in [-0.05, 0) is 41.5 Å². The Morgan fingerprint density at radius 1 is 0.818 bits per heavy atom. The van der Waals surface area contributed by atoms with Gasteiger partial charge in [0.1, 0.15) is 17.0 Å². The minimum atomic E-state index is -0.929. The van der Waals surface area contributed by atoms with Crippen LogP contribution in [0.3, 0.4) is 0 Å². The third-order valence-electron chi connectivity index (χ3n) is 6.02. The van der Waals surface area contributed by atoms with Crippen LogP contribution in [0.25, 0.3) is 0 Å². The van der Waals surface area contributed by atoms with Gasteiger partial charge in [0.25, 0.3) is 0 Å². The largest absolute Gasteiger partial charge is 0.496 e. The predicted molar refractivity (Wildman–Crippen MR) is 128 cm³/mol. The van der Waals surface area contributed by atoms with Crippen molar-refractivity contribution >= 4 is 11.5 Å². The maximum atomic E-state index is 13.7. The van der Waals surface area contributed by atoms with Gasteiger partial charge in [0, 0.05) is 16.7 Å². The summed E-state index contributed by atoms with van der Waals surface area (Å²) in [5.74, 6) is 0.481. The number of methoxy groups -OCH3 is 1. The molecule has 4 aromatic carbocycles. The van der Waals surface area contributed by atoms with Gasteiger partial charge in [-0.25, -0.2) is 0 Å². The SMILES string of the molecule is COc1cccc2c1C(c1ccccc1)(c1ccccc1)N=C2C(=O)c1ccc(C#N)cc1. The second kappa shape index (κ2) is 8.22. The number of carbonyl (C=O) groups excluding carboxylic acids is 1. The molecule has 33 heavy (non-hydrogen) atoms. The van der Waals surface area contributed by atoms with Crippen LogP contribution in [0, 0.1) is 11.3 Å². The number of benzene rings is 4. The molecule has 1 aliphatic heterocycles. The number of fused-ring (bicyclic) bond motifs is 1. The van der Waals surface area contributed by atoms with Crippen LogP contribution in [0.1, 0.15) is 38.2 Å². The highest BCUT2D eigenvalue weighted by Crippen LogP contribution is 2.50. The van der Waals surface area contributed by atoms with Crippen LogP contribution in [0.5, 0.6) is 5.75 Å². The Labute approximate surface area is 192 Å². The molecule has 0 amide bonds. The third-order valence-corrected chi connectivity index (χ3v) is 6.02. The van der Waals surface area contributed by atoms with Crippen LogP contribution >= 0.6 is 0 Å². The predicted octanol–water partition coefficient (Wildman–Crippen LogP) is 5.54. The summed E-state index contributed by atoms with van der Waals surface area (Å²) in [6.07, 6.45) is 0. The summed E-state index contributed by atoms with van der Waals surface area (Å²) >= 11 is 0. The third kappa shape index (κ3) is 3.22. The first kappa shape index (κ1) is 20.4. The van der Waals surface area contributed by atoms with Crippen molar-refractivity contribution in [2.24, 2.45) is 4.99 Å². The molecule has 158 valence electrons. The Morgan fingerprint density at radius 3 is 1.97 bits per heavy atom. The highest BCUT2D eigenvalue weighted by atomic mass is 16.5. The van der Waals surface area contributed by atoms with E-state index in [1.54, 1.807) is 31.4 Å². The summed E-state index contributed by atoms with van der Waals surface area (Å²) in [6.45, 7) is 0. The number of nitriles is 1. The topological polar surface area (TPSA) is 62.4 Å². The van der Waals surface area contributed by atoms with Crippen LogP contribution in [0.15, 0.2) is 108 Å². The van der Waals surface area contributed by atoms with Crippen LogP contribution in [-0.4, -0.2) is 18.6 Å². The van der Waals surface area contributed by atoms with Gasteiger partial charge in [0.2, 0.25) is 5.78 Å². The molecular weight excluding hydrogens is 408 g/mol. The fourth-order valence-corrected chi connectivity index (χ4v) is 4.50. The van der Waals surface area contributed by atoms with E-state index in [0.717, 1.165) is 22.3 Å². The van der Waals surface area contributed by atoms with Gasteiger partial charge < -0.3 is 4.74 Å². The van der Waals surface area contributed by atoms with Crippen molar-refractivity contribution < 1.29 is 9.53 Å². The molecule has 1 heterocycles. The minimum Gasteiger partial charge on any atom is -0.496 e. The Kier molecular flexibility index (Phi) is 5.08. The number of hydrogen-bond acceptors (Lipinski definition) is 4. The van der Waals surface area contributed by atoms with Gasteiger partial charge in [0.15, 0.2) is 0 Å². The molecule has 0 radical (unpaired) electrons. The Balaban J connectivity index is 1.82. The number of ether oxygens (including phenoxy) is 1. The van der Waals surface area contributed by atoms with E-state index in [0.29, 0.717) is 22.6 Å². The van der Waals surface area contributed by atoms with Gasteiger partial charge in [-0.1, -0.05) is 72.8 Å². The quantitative estimate of drug-likeness (QED) is 0.392. The summed E-state index contributed by atoms with van der Waals surface area (Å²) in [5.41, 5.74) is 3.93. The molecular formula is C29H20N2O2. The fourth-order valence-electron chi connectivity index (χ4n) is 4.50.